The standard InChI is InChI=1S/C25H35N3O4S/c1-18(2)15-26-25(30)21(5)27(16-22-11-7-9-19(3)13-22)24(29)17-28(33(6,31)32)23-12-8-10-20(4)14-23/h7-14,18,21H,15-17H2,1-6H3,(H,26,30)/t21-/m1/s1. The number of rotatable bonds is 10. The van der Waals surface area contributed by atoms with Gasteiger partial charge in [0.1, 0.15) is 12.6 Å². The van der Waals surface area contributed by atoms with Gasteiger partial charge in [-0.25, -0.2) is 8.42 Å². The summed E-state index contributed by atoms with van der Waals surface area (Å²) in [5.41, 5.74) is 3.20. The average molecular weight is 474 g/mol. The number of amides is 2. The van der Waals surface area contributed by atoms with Crippen LogP contribution in [0.2, 0.25) is 0 Å². The van der Waals surface area contributed by atoms with Crippen LogP contribution < -0.4 is 9.62 Å². The van der Waals surface area contributed by atoms with Crippen molar-refractivity contribution in [3.05, 3.63) is 65.2 Å². The highest BCUT2D eigenvalue weighted by atomic mass is 32.2. The lowest BCUT2D eigenvalue weighted by molar-refractivity contribution is -0.139. The number of hydrogen-bond donors (Lipinski definition) is 1. The van der Waals surface area contributed by atoms with Gasteiger partial charge in [0.2, 0.25) is 21.8 Å². The van der Waals surface area contributed by atoms with Crippen LogP contribution in [0.5, 0.6) is 0 Å². The zero-order valence-corrected chi connectivity index (χ0v) is 21.1. The highest BCUT2D eigenvalue weighted by Crippen LogP contribution is 2.20. The molecular formula is C25H35N3O4S. The second-order valence-corrected chi connectivity index (χ2v) is 10.8. The molecule has 0 radical (unpaired) electrons. The number of nitrogens with one attached hydrogen (secondary N) is 1. The van der Waals surface area contributed by atoms with E-state index in [0.29, 0.717) is 12.2 Å². The molecule has 2 rings (SSSR count). The summed E-state index contributed by atoms with van der Waals surface area (Å²) in [5.74, 6) is -0.453. The molecule has 0 fully saturated rings. The Morgan fingerprint density at radius 2 is 1.58 bits per heavy atom. The molecule has 0 bridgehead atoms. The van der Waals surface area contributed by atoms with Crippen LogP contribution in [-0.4, -0.2) is 50.5 Å². The molecule has 2 aromatic rings. The Morgan fingerprint density at radius 1 is 0.970 bits per heavy atom. The van der Waals surface area contributed by atoms with Gasteiger partial charge in [0.15, 0.2) is 0 Å². The van der Waals surface area contributed by atoms with Crippen LogP contribution in [0.3, 0.4) is 0 Å². The van der Waals surface area contributed by atoms with Crippen LogP contribution in [0.1, 0.15) is 37.5 Å². The predicted octanol–water partition coefficient (Wildman–Crippen LogP) is 3.26. The first-order chi connectivity index (χ1) is 15.4. The minimum Gasteiger partial charge on any atom is -0.354 e. The summed E-state index contributed by atoms with van der Waals surface area (Å²) in [5, 5.41) is 2.87. The second kappa shape index (κ2) is 11.3. The van der Waals surface area contributed by atoms with Crippen molar-refractivity contribution in [1.29, 1.82) is 0 Å². The van der Waals surface area contributed by atoms with Gasteiger partial charge in [0, 0.05) is 13.1 Å². The number of sulfonamides is 1. The summed E-state index contributed by atoms with van der Waals surface area (Å²) in [6.45, 7) is 9.76. The third-order valence-electron chi connectivity index (χ3n) is 5.26. The fraction of sp³-hybridized carbons (Fsp3) is 0.440. The summed E-state index contributed by atoms with van der Waals surface area (Å²) >= 11 is 0. The van der Waals surface area contributed by atoms with E-state index in [9.17, 15) is 18.0 Å². The van der Waals surface area contributed by atoms with Crippen molar-refractivity contribution >= 4 is 27.5 Å². The topological polar surface area (TPSA) is 86.8 Å². The molecule has 180 valence electrons. The molecule has 8 heteroatoms. The van der Waals surface area contributed by atoms with Crippen molar-refractivity contribution in [3.63, 3.8) is 0 Å². The smallest absolute Gasteiger partial charge is 0.244 e. The molecule has 2 amide bonds. The highest BCUT2D eigenvalue weighted by molar-refractivity contribution is 7.92. The van der Waals surface area contributed by atoms with E-state index < -0.39 is 28.5 Å². The minimum atomic E-state index is -3.73. The van der Waals surface area contributed by atoms with Gasteiger partial charge in [-0.15, -0.1) is 0 Å². The Hall–Kier alpha value is -2.87. The number of carbonyl (C=O) groups excluding carboxylic acids is 2. The number of carbonyl (C=O) groups is 2. The molecule has 33 heavy (non-hydrogen) atoms. The van der Waals surface area contributed by atoms with Gasteiger partial charge in [0.05, 0.1) is 11.9 Å². The maximum atomic E-state index is 13.5. The molecule has 0 unspecified atom stereocenters. The van der Waals surface area contributed by atoms with Gasteiger partial charge >= 0.3 is 0 Å². The molecule has 2 aromatic carbocycles. The maximum Gasteiger partial charge on any atom is 0.244 e. The Balaban J connectivity index is 2.36. The Morgan fingerprint density at radius 3 is 2.12 bits per heavy atom. The largest absolute Gasteiger partial charge is 0.354 e. The van der Waals surface area contributed by atoms with Crippen LogP contribution in [0.15, 0.2) is 48.5 Å². The Labute approximate surface area is 197 Å². The van der Waals surface area contributed by atoms with Crippen molar-refractivity contribution in [2.45, 2.75) is 47.2 Å². The van der Waals surface area contributed by atoms with Crippen LogP contribution >= 0.6 is 0 Å². The van der Waals surface area contributed by atoms with E-state index in [1.54, 1.807) is 25.1 Å². The van der Waals surface area contributed by atoms with E-state index in [1.165, 1.54) is 4.90 Å². The highest BCUT2D eigenvalue weighted by Gasteiger charge is 2.30. The number of nitrogens with zero attached hydrogens (tertiary/aromatic N) is 2. The van der Waals surface area contributed by atoms with Crippen molar-refractivity contribution in [1.82, 2.24) is 10.2 Å². The van der Waals surface area contributed by atoms with E-state index in [1.807, 2.05) is 58.0 Å². The van der Waals surface area contributed by atoms with Crippen molar-refractivity contribution in [3.8, 4) is 0 Å². The molecule has 0 saturated heterocycles. The molecule has 7 nitrogen and oxygen atoms in total. The first-order valence-electron chi connectivity index (χ1n) is 11.1. The van der Waals surface area contributed by atoms with E-state index >= 15 is 0 Å². The van der Waals surface area contributed by atoms with E-state index in [-0.39, 0.29) is 18.4 Å². The lowest BCUT2D eigenvalue weighted by atomic mass is 10.1. The zero-order valence-electron chi connectivity index (χ0n) is 20.3. The summed E-state index contributed by atoms with van der Waals surface area (Å²) in [4.78, 5) is 27.7. The molecular weight excluding hydrogens is 438 g/mol. The predicted molar refractivity (Wildman–Crippen MR) is 132 cm³/mol. The van der Waals surface area contributed by atoms with Gasteiger partial charge in [0.25, 0.3) is 0 Å². The van der Waals surface area contributed by atoms with E-state index in [2.05, 4.69) is 5.32 Å². The molecule has 0 heterocycles. The van der Waals surface area contributed by atoms with Crippen molar-refractivity contribution in [2.75, 3.05) is 23.7 Å². The maximum absolute atomic E-state index is 13.5. The molecule has 0 spiro atoms. The summed E-state index contributed by atoms with van der Waals surface area (Å²) in [6, 6.07) is 13.9. The number of hydrogen-bond acceptors (Lipinski definition) is 4. The molecule has 1 atom stereocenters. The number of aryl methyl sites for hydroxylation is 2. The average Bonchev–Trinajstić information content (AvgIpc) is 2.72. The zero-order chi connectivity index (χ0) is 24.8. The molecule has 0 aliphatic carbocycles. The molecule has 0 aliphatic heterocycles. The van der Waals surface area contributed by atoms with Gasteiger partial charge < -0.3 is 10.2 Å². The fourth-order valence-electron chi connectivity index (χ4n) is 3.44. The fourth-order valence-corrected chi connectivity index (χ4v) is 4.28. The molecule has 0 aliphatic rings. The van der Waals surface area contributed by atoms with Crippen molar-refractivity contribution in [2.24, 2.45) is 5.92 Å². The SMILES string of the molecule is Cc1cccc(CN(C(=O)CN(c2cccc(C)c2)S(C)(=O)=O)[C@H](C)C(=O)NCC(C)C)c1. The first-order valence-corrected chi connectivity index (χ1v) is 12.9. The molecule has 0 saturated carbocycles. The third kappa shape index (κ3) is 7.89. The number of benzene rings is 2. The van der Waals surface area contributed by atoms with Crippen LogP contribution in [0.25, 0.3) is 0 Å². The third-order valence-corrected chi connectivity index (χ3v) is 6.40. The quantitative estimate of drug-likeness (QED) is 0.574. The van der Waals surface area contributed by atoms with Crippen LogP contribution in [0.4, 0.5) is 5.69 Å². The monoisotopic (exact) mass is 473 g/mol. The summed E-state index contributed by atoms with van der Waals surface area (Å²) < 4.78 is 26.2. The van der Waals surface area contributed by atoms with Crippen LogP contribution in [0, 0.1) is 19.8 Å². The first kappa shape index (κ1) is 26.4. The van der Waals surface area contributed by atoms with Gasteiger partial charge in [-0.2, -0.15) is 0 Å². The lowest BCUT2D eigenvalue weighted by Gasteiger charge is -2.31. The van der Waals surface area contributed by atoms with Gasteiger partial charge in [-0.3, -0.25) is 13.9 Å². The summed E-state index contributed by atoms with van der Waals surface area (Å²) in [6.07, 6.45) is 1.08. The number of anilines is 1. The Kier molecular flexibility index (Phi) is 9.05. The summed E-state index contributed by atoms with van der Waals surface area (Å²) in [7, 11) is -3.73. The normalized spacial score (nSPS) is 12.3. The van der Waals surface area contributed by atoms with Gasteiger partial charge in [-0.05, 0) is 49.9 Å². The van der Waals surface area contributed by atoms with Gasteiger partial charge in [-0.1, -0.05) is 55.8 Å². The van der Waals surface area contributed by atoms with Crippen molar-refractivity contribution < 1.29 is 18.0 Å². The van der Waals surface area contributed by atoms with Crippen LogP contribution in [-0.2, 0) is 26.2 Å². The molecule has 1 N–H and O–H groups in total. The van der Waals surface area contributed by atoms with E-state index in [4.69, 9.17) is 0 Å². The lowest BCUT2D eigenvalue weighted by Crippen LogP contribution is -2.51. The van der Waals surface area contributed by atoms with E-state index in [0.717, 1.165) is 27.3 Å². The Bertz CT molecular complexity index is 1080. The second-order valence-electron chi connectivity index (χ2n) is 8.93. The minimum absolute atomic E-state index is 0.197. The molecule has 0 aromatic heterocycles.